The maximum absolute atomic E-state index is 12.9. The van der Waals surface area contributed by atoms with E-state index in [2.05, 4.69) is 0 Å². The molecule has 0 aliphatic heterocycles. The highest BCUT2D eigenvalue weighted by atomic mass is 16.6. The van der Waals surface area contributed by atoms with Crippen molar-refractivity contribution in [3.05, 3.63) is 39.9 Å². The van der Waals surface area contributed by atoms with E-state index in [1.807, 2.05) is 13.8 Å². The molecule has 7 nitrogen and oxygen atoms in total. The molecule has 1 aliphatic rings. The van der Waals surface area contributed by atoms with Gasteiger partial charge in [0.2, 0.25) is 5.91 Å². The van der Waals surface area contributed by atoms with Crippen molar-refractivity contribution < 1.29 is 19.6 Å². The monoisotopic (exact) mass is 348 g/mol. The van der Waals surface area contributed by atoms with Crippen molar-refractivity contribution in [2.75, 3.05) is 0 Å². The molecule has 0 radical (unpaired) electrons. The molecule has 2 unspecified atom stereocenters. The van der Waals surface area contributed by atoms with Gasteiger partial charge in [-0.05, 0) is 38.7 Å². The molecular weight excluding hydrogens is 324 g/mol. The summed E-state index contributed by atoms with van der Waals surface area (Å²) in [7, 11) is 0. The second kappa shape index (κ2) is 8.09. The molecule has 1 fully saturated rings. The van der Waals surface area contributed by atoms with Crippen LogP contribution in [0, 0.1) is 22.0 Å². The zero-order chi connectivity index (χ0) is 18.6. The van der Waals surface area contributed by atoms with Crippen LogP contribution in [0.4, 0.5) is 5.69 Å². The van der Waals surface area contributed by atoms with Crippen LogP contribution in [0.25, 0.3) is 0 Å². The molecule has 1 saturated carbocycles. The third-order valence-electron chi connectivity index (χ3n) is 4.78. The molecule has 2 atom stereocenters. The topological polar surface area (TPSA) is 101 Å². The highest BCUT2D eigenvalue weighted by Crippen LogP contribution is 2.31. The number of hydrogen-bond donors (Lipinski definition) is 1. The number of aliphatic carboxylic acids is 1. The summed E-state index contributed by atoms with van der Waals surface area (Å²) < 4.78 is 0. The number of rotatable bonds is 6. The summed E-state index contributed by atoms with van der Waals surface area (Å²) in [5, 5.41) is 19.9. The molecule has 0 spiro atoms. The minimum absolute atomic E-state index is 0.0164. The van der Waals surface area contributed by atoms with Gasteiger partial charge in [-0.15, -0.1) is 0 Å². The molecule has 1 amide bonds. The number of benzene rings is 1. The molecule has 0 saturated heterocycles. The molecule has 1 aliphatic carbocycles. The van der Waals surface area contributed by atoms with Crippen molar-refractivity contribution in [2.24, 2.45) is 11.8 Å². The Morgan fingerprint density at radius 2 is 1.84 bits per heavy atom. The Balaban J connectivity index is 2.10. The Bertz CT molecular complexity index is 641. The van der Waals surface area contributed by atoms with Gasteiger partial charge >= 0.3 is 5.97 Å². The Kier molecular flexibility index (Phi) is 6.12. The van der Waals surface area contributed by atoms with Gasteiger partial charge in [0.15, 0.2) is 0 Å². The lowest BCUT2D eigenvalue weighted by atomic mass is 9.80. The number of carbonyl (C=O) groups is 2. The fraction of sp³-hybridized carbons (Fsp3) is 0.556. The van der Waals surface area contributed by atoms with Gasteiger partial charge in [-0.25, -0.2) is 0 Å². The van der Waals surface area contributed by atoms with Gasteiger partial charge < -0.3 is 10.0 Å². The number of carboxylic acid groups (broad SMARTS) is 1. The molecule has 7 heteroatoms. The number of nitro groups is 1. The SMILES string of the molecule is CC(C)N(Cc1ccc([N+](=O)[O-])cc1)C(=O)C1CCCC(C(=O)O)C1. The first-order valence-corrected chi connectivity index (χ1v) is 8.56. The summed E-state index contributed by atoms with van der Waals surface area (Å²) in [4.78, 5) is 36.1. The Hall–Kier alpha value is -2.44. The van der Waals surface area contributed by atoms with Crippen molar-refractivity contribution in [2.45, 2.75) is 52.1 Å². The maximum atomic E-state index is 12.9. The van der Waals surface area contributed by atoms with Crippen molar-refractivity contribution in [3.63, 3.8) is 0 Å². The zero-order valence-electron chi connectivity index (χ0n) is 14.6. The van der Waals surface area contributed by atoms with Gasteiger partial charge in [-0.3, -0.25) is 19.7 Å². The van der Waals surface area contributed by atoms with Crippen LogP contribution in [0.2, 0.25) is 0 Å². The van der Waals surface area contributed by atoms with E-state index in [1.54, 1.807) is 17.0 Å². The number of amides is 1. The summed E-state index contributed by atoms with van der Waals surface area (Å²) in [6, 6.07) is 6.13. The Morgan fingerprint density at radius 3 is 2.36 bits per heavy atom. The molecule has 0 bridgehead atoms. The zero-order valence-corrected chi connectivity index (χ0v) is 14.6. The minimum Gasteiger partial charge on any atom is -0.481 e. The van der Waals surface area contributed by atoms with E-state index < -0.39 is 16.8 Å². The summed E-state index contributed by atoms with van der Waals surface area (Å²) in [5.74, 6) is -1.57. The number of non-ortho nitro benzene ring substituents is 1. The van der Waals surface area contributed by atoms with Crippen LogP contribution in [0.3, 0.4) is 0 Å². The average Bonchev–Trinajstić information content (AvgIpc) is 2.59. The van der Waals surface area contributed by atoms with Crippen molar-refractivity contribution in [3.8, 4) is 0 Å². The summed E-state index contributed by atoms with van der Waals surface area (Å²) in [6.07, 6.45) is 2.48. The van der Waals surface area contributed by atoms with Gasteiger partial charge in [-0.2, -0.15) is 0 Å². The Labute approximate surface area is 146 Å². The normalized spacial score (nSPS) is 20.3. The van der Waals surface area contributed by atoms with Crippen molar-refractivity contribution in [1.29, 1.82) is 0 Å². The van der Waals surface area contributed by atoms with Gasteiger partial charge in [0, 0.05) is 30.6 Å². The first-order valence-electron chi connectivity index (χ1n) is 8.56. The third kappa shape index (κ3) is 4.78. The molecule has 0 aromatic heterocycles. The molecule has 25 heavy (non-hydrogen) atoms. The second-order valence-corrected chi connectivity index (χ2v) is 6.88. The van der Waals surface area contributed by atoms with E-state index in [9.17, 15) is 24.8 Å². The highest BCUT2D eigenvalue weighted by molar-refractivity contribution is 5.80. The van der Waals surface area contributed by atoms with Crippen LogP contribution in [0.15, 0.2) is 24.3 Å². The lowest BCUT2D eigenvalue weighted by molar-refractivity contribution is -0.384. The maximum Gasteiger partial charge on any atom is 0.306 e. The van der Waals surface area contributed by atoms with E-state index in [0.29, 0.717) is 25.8 Å². The van der Waals surface area contributed by atoms with Crippen LogP contribution in [-0.2, 0) is 16.1 Å². The highest BCUT2D eigenvalue weighted by Gasteiger charge is 2.34. The standard InChI is InChI=1S/C18H24N2O5/c1-12(2)19(11-13-6-8-16(9-7-13)20(24)25)17(21)14-4-3-5-15(10-14)18(22)23/h6-9,12,14-15H,3-5,10-11H2,1-2H3,(H,22,23). The fourth-order valence-electron chi connectivity index (χ4n) is 3.31. The molecule has 1 N–H and O–H groups in total. The molecule has 1 aromatic rings. The number of nitro benzene ring substituents is 1. The van der Waals surface area contributed by atoms with Crippen LogP contribution in [0.1, 0.15) is 45.1 Å². The predicted molar refractivity (Wildman–Crippen MR) is 91.9 cm³/mol. The molecule has 0 heterocycles. The molecule has 136 valence electrons. The number of carbonyl (C=O) groups excluding carboxylic acids is 1. The summed E-state index contributed by atoms with van der Waals surface area (Å²) in [5.41, 5.74) is 0.834. The second-order valence-electron chi connectivity index (χ2n) is 6.88. The van der Waals surface area contributed by atoms with Crippen LogP contribution in [0.5, 0.6) is 0 Å². The number of carboxylic acids is 1. The van der Waals surface area contributed by atoms with Crippen LogP contribution >= 0.6 is 0 Å². The number of hydrogen-bond acceptors (Lipinski definition) is 4. The van der Waals surface area contributed by atoms with E-state index in [4.69, 9.17) is 0 Å². The average molecular weight is 348 g/mol. The van der Waals surface area contributed by atoms with Crippen molar-refractivity contribution >= 4 is 17.6 Å². The predicted octanol–water partition coefficient (Wildman–Crippen LogP) is 3.22. The molecular formula is C18H24N2O5. The summed E-state index contributed by atoms with van der Waals surface area (Å²) in [6.45, 7) is 4.20. The van der Waals surface area contributed by atoms with Gasteiger partial charge in [-0.1, -0.05) is 18.6 Å². The molecule has 2 rings (SSSR count). The third-order valence-corrected chi connectivity index (χ3v) is 4.78. The smallest absolute Gasteiger partial charge is 0.306 e. The quantitative estimate of drug-likeness (QED) is 0.628. The first kappa shape index (κ1) is 18.9. The van der Waals surface area contributed by atoms with Crippen LogP contribution in [-0.4, -0.2) is 32.8 Å². The van der Waals surface area contributed by atoms with E-state index in [0.717, 1.165) is 12.0 Å². The number of nitrogens with zero attached hydrogens (tertiary/aromatic N) is 2. The van der Waals surface area contributed by atoms with E-state index in [-0.39, 0.29) is 23.6 Å². The fourth-order valence-corrected chi connectivity index (χ4v) is 3.31. The van der Waals surface area contributed by atoms with Gasteiger partial charge in [0.1, 0.15) is 0 Å². The largest absolute Gasteiger partial charge is 0.481 e. The lowest BCUT2D eigenvalue weighted by Gasteiger charge is -2.33. The lowest BCUT2D eigenvalue weighted by Crippen LogP contribution is -2.42. The molecule has 1 aromatic carbocycles. The van der Waals surface area contributed by atoms with Crippen molar-refractivity contribution in [1.82, 2.24) is 4.90 Å². The van der Waals surface area contributed by atoms with Crippen LogP contribution < -0.4 is 0 Å². The van der Waals surface area contributed by atoms with E-state index in [1.165, 1.54) is 12.1 Å². The van der Waals surface area contributed by atoms with Gasteiger partial charge in [0.25, 0.3) is 5.69 Å². The first-order chi connectivity index (χ1) is 11.8. The Morgan fingerprint density at radius 1 is 1.24 bits per heavy atom. The summed E-state index contributed by atoms with van der Waals surface area (Å²) >= 11 is 0. The van der Waals surface area contributed by atoms with E-state index >= 15 is 0 Å². The van der Waals surface area contributed by atoms with Gasteiger partial charge in [0.05, 0.1) is 10.8 Å². The minimum atomic E-state index is -0.830.